The Bertz CT molecular complexity index is 758. The molecular formula is C16H13BrN2O. The lowest BCUT2D eigenvalue weighted by Crippen LogP contribution is -1.96. The molecule has 0 spiro atoms. The molecule has 3 nitrogen and oxygen atoms in total. The minimum atomic E-state index is 0.478. The molecule has 0 aliphatic heterocycles. The summed E-state index contributed by atoms with van der Waals surface area (Å²) in [6, 6.07) is 15.7. The number of para-hydroxylation sites is 1. The van der Waals surface area contributed by atoms with Crippen molar-refractivity contribution in [2.75, 3.05) is 0 Å². The van der Waals surface area contributed by atoms with Crippen molar-refractivity contribution in [1.82, 2.24) is 4.98 Å². The van der Waals surface area contributed by atoms with Crippen LogP contribution in [0.3, 0.4) is 0 Å². The zero-order valence-corrected chi connectivity index (χ0v) is 12.3. The van der Waals surface area contributed by atoms with Crippen LogP contribution in [-0.2, 0) is 6.54 Å². The van der Waals surface area contributed by atoms with Gasteiger partial charge in [-0.1, -0.05) is 34.1 Å². The van der Waals surface area contributed by atoms with Crippen molar-refractivity contribution >= 4 is 26.8 Å². The summed E-state index contributed by atoms with van der Waals surface area (Å²) in [5.41, 5.74) is 7.64. The van der Waals surface area contributed by atoms with Crippen molar-refractivity contribution in [1.29, 1.82) is 0 Å². The summed E-state index contributed by atoms with van der Waals surface area (Å²) in [6.07, 6.45) is 1.73. The maximum Gasteiger partial charge on any atom is 0.146 e. The fourth-order valence-electron chi connectivity index (χ4n) is 2.04. The molecule has 3 aromatic rings. The standard InChI is InChI=1S/C16H13BrN2O/c17-13-5-11(9-18)6-14(8-13)20-15-7-12-3-1-2-4-16(12)19-10-15/h1-8,10H,9,18H2. The van der Waals surface area contributed by atoms with Crippen molar-refractivity contribution < 1.29 is 4.74 Å². The topological polar surface area (TPSA) is 48.1 Å². The third-order valence-corrected chi connectivity index (χ3v) is 3.43. The van der Waals surface area contributed by atoms with Crippen molar-refractivity contribution in [3.05, 3.63) is 64.8 Å². The molecule has 0 saturated heterocycles. The van der Waals surface area contributed by atoms with Gasteiger partial charge in [0.1, 0.15) is 11.5 Å². The molecule has 2 aromatic carbocycles. The van der Waals surface area contributed by atoms with Gasteiger partial charge >= 0.3 is 0 Å². The monoisotopic (exact) mass is 328 g/mol. The average molecular weight is 329 g/mol. The van der Waals surface area contributed by atoms with Crippen molar-refractivity contribution in [2.45, 2.75) is 6.54 Å². The largest absolute Gasteiger partial charge is 0.456 e. The molecule has 2 N–H and O–H groups in total. The predicted octanol–water partition coefficient (Wildman–Crippen LogP) is 4.25. The third-order valence-electron chi connectivity index (χ3n) is 2.97. The fourth-order valence-corrected chi connectivity index (χ4v) is 2.56. The molecule has 0 fully saturated rings. The lowest BCUT2D eigenvalue weighted by atomic mass is 10.2. The van der Waals surface area contributed by atoms with Crippen LogP contribution in [0.5, 0.6) is 11.5 Å². The number of rotatable bonds is 3. The van der Waals surface area contributed by atoms with Crippen molar-refractivity contribution in [3.8, 4) is 11.5 Å². The van der Waals surface area contributed by atoms with E-state index >= 15 is 0 Å². The maximum atomic E-state index is 5.86. The number of halogens is 1. The van der Waals surface area contributed by atoms with E-state index in [1.54, 1.807) is 6.20 Å². The van der Waals surface area contributed by atoms with Gasteiger partial charge < -0.3 is 10.5 Å². The molecule has 0 saturated carbocycles. The van der Waals surface area contributed by atoms with Crippen LogP contribution in [0.15, 0.2) is 59.2 Å². The third kappa shape index (κ3) is 2.81. The number of aromatic nitrogens is 1. The van der Waals surface area contributed by atoms with Crippen LogP contribution < -0.4 is 10.5 Å². The summed E-state index contributed by atoms with van der Waals surface area (Å²) in [5.74, 6) is 1.46. The summed E-state index contributed by atoms with van der Waals surface area (Å²) < 4.78 is 6.81. The van der Waals surface area contributed by atoms with Gasteiger partial charge in [-0.15, -0.1) is 0 Å². The van der Waals surface area contributed by atoms with Crippen LogP contribution >= 0.6 is 15.9 Å². The van der Waals surface area contributed by atoms with Crippen LogP contribution in [0.25, 0.3) is 10.9 Å². The highest BCUT2D eigenvalue weighted by Gasteiger charge is 2.03. The van der Waals surface area contributed by atoms with Gasteiger partial charge in [0.05, 0.1) is 11.7 Å². The molecule has 100 valence electrons. The minimum absolute atomic E-state index is 0.478. The van der Waals surface area contributed by atoms with Crippen molar-refractivity contribution in [3.63, 3.8) is 0 Å². The Morgan fingerprint density at radius 3 is 2.75 bits per heavy atom. The van der Waals surface area contributed by atoms with Crippen LogP contribution in [0.4, 0.5) is 0 Å². The van der Waals surface area contributed by atoms with Gasteiger partial charge in [-0.2, -0.15) is 0 Å². The van der Waals surface area contributed by atoms with Gasteiger partial charge in [0, 0.05) is 16.4 Å². The second-order valence-electron chi connectivity index (χ2n) is 4.47. The predicted molar refractivity (Wildman–Crippen MR) is 83.9 cm³/mol. The lowest BCUT2D eigenvalue weighted by molar-refractivity contribution is 0.480. The highest BCUT2D eigenvalue weighted by molar-refractivity contribution is 9.10. The Balaban J connectivity index is 1.94. The lowest BCUT2D eigenvalue weighted by Gasteiger charge is -2.08. The first-order valence-corrected chi connectivity index (χ1v) is 7.06. The van der Waals surface area contributed by atoms with Gasteiger partial charge in [0.25, 0.3) is 0 Å². The Kier molecular flexibility index (Phi) is 3.67. The molecule has 0 unspecified atom stereocenters. The first-order chi connectivity index (χ1) is 9.74. The molecule has 20 heavy (non-hydrogen) atoms. The average Bonchev–Trinajstić information content (AvgIpc) is 2.46. The molecule has 3 rings (SSSR count). The molecular weight excluding hydrogens is 316 g/mol. The van der Waals surface area contributed by atoms with E-state index in [1.165, 1.54) is 0 Å². The molecule has 0 bridgehead atoms. The zero-order valence-electron chi connectivity index (χ0n) is 10.7. The van der Waals surface area contributed by atoms with Gasteiger partial charge in [-0.3, -0.25) is 4.98 Å². The van der Waals surface area contributed by atoms with Gasteiger partial charge in [0.15, 0.2) is 0 Å². The number of nitrogens with two attached hydrogens (primary N) is 1. The Hall–Kier alpha value is -1.91. The van der Waals surface area contributed by atoms with Gasteiger partial charge in [0.2, 0.25) is 0 Å². The fraction of sp³-hybridized carbons (Fsp3) is 0.0625. The van der Waals surface area contributed by atoms with Gasteiger partial charge in [-0.05, 0) is 35.9 Å². The van der Waals surface area contributed by atoms with Crippen LogP contribution in [-0.4, -0.2) is 4.98 Å². The highest BCUT2D eigenvalue weighted by atomic mass is 79.9. The Morgan fingerprint density at radius 1 is 1.05 bits per heavy atom. The van der Waals surface area contributed by atoms with E-state index in [2.05, 4.69) is 20.9 Å². The number of fused-ring (bicyclic) bond motifs is 1. The number of pyridine rings is 1. The van der Waals surface area contributed by atoms with Gasteiger partial charge in [-0.25, -0.2) is 0 Å². The van der Waals surface area contributed by atoms with Crippen LogP contribution in [0, 0.1) is 0 Å². The molecule has 0 atom stereocenters. The molecule has 0 aliphatic carbocycles. The van der Waals surface area contributed by atoms with E-state index in [9.17, 15) is 0 Å². The first kappa shape index (κ1) is 13.1. The van der Waals surface area contributed by atoms with E-state index in [0.717, 1.165) is 26.7 Å². The van der Waals surface area contributed by atoms with E-state index in [-0.39, 0.29) is 0 Å². The SMILES string of the molecule is NCc1cc(Br)cc(Oc2cnc3ccccc3c2)c1. The Labute approximate surface area is 125 Å². The molecule has 0 aliphatic rings. The summed E-state index contributed by atoms with van der Waals surface area (Å²) in [4.78, 5) is 4.38. The molecule has 1 heterocycles. The summed E-state index contributed by atoms with van der Waals surface area (Å²) >= 11 is 3.46. The minimum Gasteiger partial charge on any atom is -0.456 e. The summed E-state index contributed by atoms with van der Waals surface area (Å²) in [6.45, 7) is 0.478. The highest BCUT2D eigenvalue weighted by Crippen LogP contribution is 2.27. The molecule has 0 radical (unpaired) electrons. The molecule has 1 aromatic heterocycles. The second-order valence-corrected chi connectivity index (χ2v) is 5.38. The van der Waals surface area contributed by atoms with Crippen molar-refractivity contribution in [2.24, 2.45) is 5.73 Å². The number of ether oxygens (including phenoxy) is 1. The quantitative estimate of drug-likeness (QED) is 0.781. The summed E-state index contributed by atoms with van der Waals surface area (Å²) in [7, 11) is 0. The van der Waals surface area contributed by atoms with Crippen LogP contribution in [0.2, 0.25) is 0 Å². The maximum absolute atomic E-state index is 5.86. The van der Waals surface area contributed by atoms with E-state index < -0.39 is 0 Å². The number of nitrogens with zero attached hydrogens (tertiary/aromatic N) is 1. The van der Waals surface area contributed by atoms with E-state index in [4.69, 9.17) is 10.5 Å². The smallest absolute Gasteiger partial charge is 0.146 e. The van der Waals surface area contributed by atoms with Crippen LogP contribution in [0.1, 0.15) is 5.56 Å². The van der Waals surface area contributed by atoms with E-state index in [0.29, 0.717) is 12.3 Å². The normalized spacial score (nSPS) is 10.7. The first-order valence-electron chi connectivity index (χ1n) is 6.27. The zero-order chi connectivity index (χ0) is 13.9. The molecule has 0 amide bonds. The summed E-state index contributed by atoms with van der Waals surface area (Å²) in [5, 5.41) is 1.05. The molecule has 4 heteroatoms. The Morgan fingerprint density at radius 2 is 1.90 bits per heavy atom. The number of hydrogen-bond acceptors (Lipinski definition) is 3. The second kappa shape index (κ2) is 5.61. The van der Waals surface area contributed by atoms with E-state index in [1.807, 2.05) is 48.5 Å². The number of hydrogen-bond donors (Lipinski definition) is 1. The number of benzene rings is 2.